The maximum atomic E-state index is 13.2. The molecule has 4 aromatic rings. The van der Waals surface area contributed by atoms with Gasteiger partial charge in [-0.3, -0.25) is 4.79 Å². The minimum Gasteiger partial charge on any atom is -0.486 e. The number of nitriles is 1. The van der Waals surface area contributed by atoms with E-state index in [0.717, 1.165) is 5.56 Å². The number of carbonyl (C=O) groups is 1. The summed E-state index contributed by atoms with van der Waals surface area (Å²) in [6.07, 6.45) is 1.42. The molecule has 0 saturated carbocycles. The van der Waals surface area contributed by atoms with Gasteiger partial charge in [-0.05, 0) is 50.8 Å². The van der Waals surface area contributed by atoms with Gasteiger partial charge in [-0.2, -0.15) is 10.4 Å². The lowest BCUT2D eigenvalue weighted by Crippen LogP contribution is -2.43. The van der Waals surface area contributed by atoms with Gasteiger partial charge in [0, 0.05) is 5.56 Å². The predicted octanol–water partition coefficient (Wildman–Crippen LogP) is 5.94. The number of aliphatic hydroxyl groups is 1. The van der Waals surface area contributed by atoms with Crippen LogP contribution in [0, 0.1) is 11.3 Å². The van der Waals surface area contributed by atoms with Gasteiger partial charge < -0.3 is 9.84 Å². The molecule has 4 rings (SSSR count). The lowest BCUT2D eigenvalue weighted by Gasteiger charge is -2.27. The van der Waals surface area contributed by atoms with Crippen LogP contribution in [-0.2, 0) is 17.0 Å². The summed E-state index contributed by atoms with van der Waals surface area (Å²) in [4.78, 5) is 13.2. The zero-order chi connectivity index (χ0) is 26.3. The number of ether oxygens (including phenoxy) is 1. The highest BCUT2D eigenvalue weighted by Crippen LogP contribution is 2.35. The summed E-state index contributed by atoms with van der Waals surface area (Å²) in [5.41, 5.74) is 3.20. The Hall–Kier alpha value is -3.96. The molecule has 0 atom stereocenters. The highest BCUT2D eigenvalue weighted by atomic mass is 79.9. The molecule has 1 amide bonds. The molecule has 0 spiro atoms. The number of hydrogen-bond donors (Lipinski definition) is 2. The van der Waals surface area contributed by atoms with Crippen molar-refractivity contribution in [1.29, 1.82) is 5.26 Å². The maximum Gasteiger partial charge on any atom is 0.281 e. The molecule has 0 unspecified atom stereocenters. The Morgan fingerprint density at radius 2 is 1.62 bits per heavy atom. The summed E-state index contributed by atoms with van der Waals surface area (Å²) in [7, 11) is 0. The fourth-order valence-electron chi connectivity index (χ4n) is 3.73. The fraction of sp³-hybridized carbons (Fsp3) is 0.0690. The van der Waals surface area contributed by atoms with Crippen molar-refractivity contribution in [2.24, 2.45) is 5.10 Å². The molecule has 0 aromatic heterocycles. The van der Waals surface area contributed by atoms with Crippen LogP contribution >= 0.6 is 27.5 Å². The summed E-state index contributed by atoms with van der Waals surface area (Å²) in [5, 5.41) is 25.1. The molecule has 184 valence electrons. The lowest BCUT2D eigenvalue weighted by molar-refractivity contribution is -0.136. The minimum atomic E-state index is -1.94. The average Bonchev–Trinajstić information content (AvgIpc) is 2.93. The van der Waals surface area contributed by atoms with Crippen LogP contribution in [0.25, 0.3) is 0 Å². The van der Waals surface area contributed by atoms with Gasteiger partial charge in [-0.25, -0.2) is 5.43 Å². The van der Waals surface area contributed by atoms with Gasteiger partial charge in [0.1, 0.15) is 6.61 Å². The van der Waals surface area contributed by atoms with Gasteiger partial charge in [-0.15, -0.1) is 0 Å². The van der Waals surface area contributed by atoms with Crippen LogP contribution in [0.2, 0.25) is 5.02 Å². The lowest BCUT2D eigenvalue weighted by atomic mass is 9.85. The number of rotatable bonds is 8. The second-order valence-electron chi connectivity index (χ2n) is 8.01. The molecule has 0 heterocycles. The van der Waals surface area contributed by atoms with E-state index in [4.69, 9.17) is 16.3 Å². The quantitative estimate of drug-likeness (QED) is 0.201. The molecule has 0 bridgehead atoms. The number of hydrazone groups is 1. The molecular formula is C29H21BrClN3O3. The van der Waals surface area contributed by atoms with E-state index < -0.39 is 11.5 Å². The third-order valence-corrected chi connectivity index (χ3v) is 6.49. The summed E-state index contributed by atoms with van der Waals surface area (Å²) in [5.74, 6) is -0.291. The number of halogens is 2. The van der Waals surface area contributed by atoms with Crippen LogP contribution in [0.3, 0.4) is 0 Å². The molecule has 0 saturated heterocycles. The standard InChI is InChI=1S/C29H21BrClN3O3/c30-25-15-20(16-26(31)27(25)37-19-22-10-8-7-9-21(22)17-32)18-33-34-28(35)29(36,23-11-3-1-4-12-23)24-13-5-2-6-14-24/h1-16,18,36H,19H2,(H,34,35). The van der Waals surface area contributed by atoms with Crippen molar-refractivity contribution in [2.45, 2.75) is 12.2 Å². The van der Waals surface area contributed by atoms with Gasteiger partial charge in [0.15, 0.2) is 11.4 Å². The molecular weight excluding hydrogens is 554 g/mol. The average molecular weight is 575 g/mol. The highest BCUT2D eigenvalue weighted by molar-refractivity contribution is 9.10. The van der Waals surface area contributed by atoms with E-state index in [1.807, 2.05) is 24.3 Å². The van der Waals surface area contributed by atoms with Crippen molar-refractivity contribution in [3.63, 3.8) is 0 Å². The molecule has 6 nitrogen and oxygen atoms in total. The summed E-state index contributed by atoms with van der Waals surface area (Å²) in [6.45, 7) is 0.170. The number of nitrogens with one attached hydrogen (secondary N) is 1. The summed E-state index contributed by atoms with van der Waals surface area (Å²) in [6, 6.07) is 30.0. The first-order valence-corrected chi connectivity index (χ1v) is 12.4. The van der Waals surface area contributed by atoms with Crippen LogP contribution in [-0.4, -0.2) is 17.2 Å². The number of carbonyl (C=O) groups excluding carboxylic acids is 1. The van der Waals surface area contributed by atoms with Crippen molar-refractivity contribution in [1.82, 2.24) is 5.43 Å². The van der Waals surface area contributed by atoms with Crippen LogP contribution < -0.4 is 10.2 Å². The Bertz CT molecular complexity index is 1410. The zero-order valence-corrected chi connectivity index (χ0v) is 21.8. The van der Waals surface area contributed by atoms with E-state index in [2.05, 4.69) is 32.5 Å². The van der Waals surface area contributed by atoms with Gasteiger partial charge in [0.25, 0.3) is 5.91 Å². The van der Waals surface area contributed by atoms with Crippen LogP contribution in [0.5, 0.6) is 5.75 Å². The number of benzene rings is 4. The third-order valence-electron chi connectivity index (χ3n) is 5.62. The Morgan fingerprint density at radius 1 is 1.03 bits per heavy atom. The molecule has 0 fully saturated rings. The maximum absolute atomic E-state index is 13.2. The molecule has 0 aliphatic heterocycles. The number of amides is 1. The van der Waals surface area contributed by atoms with Crippen LogP contribution in [0.15, 0.2) is 107 Å². The van der Waals surface area contributed by atoms with Crippen molar-refractivity contribution < 1.29 is 14.6 Å². The Morgan fingerprint density at radius 3 is 2.22 bits per heavy atom. The second-order valence-corrected chi connectivity index (χ2v) is 9.27. The van der Waals surface area contributed by atoms with E-state index >= 15 is 0 Å². The van der Waals surface area contributed by atoms with E-state index in [0.29, 0.717) is 37.5 Å². The van der Waals surface area contributed by atoms with Crippen molar-refractivity contribution >= 4 is 39.7 Å². The first kappa shape index (κ1) is 26.1. The smallest absolute Gasteiger partial charge is 0.281 e. The van der Waals surface area contributed by atoms with Gasteiger partial charge >= 0.3 is 0 Å². The van der Waals surface area contributed by atoms with Gasteiger partial charge in [-0.1, -0.05) is 90.5 Å². The van der Waals surface area contributed by atoms with Crippen molar-refractivity contribution in [3.05, 3.63) is 134 Å². The highest BCUT2D eigenvalue weighted by Gasteiger charge is 2.39. The van der Waals surface area contributed by atoms with E-state index in [9.17, 15) is 15.2 Å². The van der Waals surface area contributed by atoms with Crippen molar-refractivity contribution in [2.75, 3.05) is 0 Å². The number of hydrogen-bond acceptors (Lipinski definition) is 5. The molecule has 2 N–H and O–H groups in total. The van der Waals surface area contributed by atoms with Crippen molar-refractivity contribution in [3.8, 4) is 11.8 Å². The SMILES string of the molecule is N#Cc1ccccc1COc1c(Cl)cc(C=NNC(=O)C(O)(c2ccccc2)c2ccccc2)cc1Br. The molecule has 37 heavy (non-hydrogen) atoms. The molecule has 0 aliphatic rings. The van der Waals surface area contributed by atoms with Crippen LogP contribution in [0.4, 0.5) is 0 Å². The largest absolute Gasteiger partial charge is 0.486 e. The Labute approximate surface area is 227 Å². The van der Waals surface area contributed by atoms with Crippen LogP contribution in [0.1, 0.15) is 27.8 Å². The first-order chi connectivity index (χ1) is 17.9. The summed E-state index contributed by atoms with van der Waals surface area (Å²) < 4.78 is 6.44. The Kier molecular flexibility index (Phi) is 8.36. The minimum absolute atomic E-state index is 0.170. The van der Waals surface area contributed by atoms with Gasteiger partial charge in [0.05, 0.1) is 27.3 Å². The molecule has 4 aromatic carbocycles. The molecule has 0 radical (unpaired) electrons. The monoisotopic (exact) mass is 573 g/mol. The molecule has 8 heteroatoms. The number of nitrogens with zero attached hydrogens (tertiary/aromatic N) is 2. The normalized spacial score (nSPS) is 11.2. The predicted molar refractivity (Wildman–Crippen MR) is 146 cm³/mol. The topological polar surface area (TPSA) is 94.7 Å². The second kappa shape index (κ2) is 11.8. The first-order valence-electron chi connectivity index (χ1n) is 11.2. The van der Waals surface area contributed by atoms with E-state index in [1.165, 1.54) is 6.21 Å². The van der Waals surface area contributed by atoms with E-state index in [1.54, 1.807) is 72.8 Å². The van der Waals surface area contributed by atoms with E-state index in [-0.39, 0.29) is 6.61 Å². The third kappa shape index (κ3) is 5.89. The fourth-order valence-corrected chi connectivity index (χ4v) is 4.72. The summed E-state index contributed by atoms with van der Waals surface area (Å²) >= 11 is 9.90. The zero-order valence-electron chi connectivity index (χ0n) is 19.4. The molecule has 0 aliphatic carbocycles. The Balaban J connectivity index is 1.50. The van der Waals surface area contributed by atoms with Gasteiger partial charge in [0.2, 0.25) is 0 Å².